The number of hydrazine groups is 1. The number of hydrogen-bond donors (Lipinski definition) is 2. The fraction of sp³-hybridized carbons (Fsp3) is 0.400. The molecule has 0 aliphatic carbocycles. The lowest BCUT2D eigenvalue weighted by Gasteiger charge is -2.55. The van der Waals surface area contributed by atoms with Gasteiger partial charge in [0, 0.05) is 29.0 Å². The molecule has 4 aliphatic heterocycles. The summed E-state index contributed by atoms with van der Waals surface area (Å²) in [6.07, 6.45) is 1.04. The molecule has 0 bridgehead atoms. The minimum absolute atomic E-state index is 0.0101. The molecule has 2 saturated heterocycles. The van der Waals surface area contributed by atoms with Gasteiger partial charge < -0.3 is 30.0 Å². The zero-order valence-corrected chi connectivity index (χ0v) is 24.4. The lowest BCUT2D eigenvalue weighted by Crippen LogP contribution is -2.68. The van der Waals surface area contributed by atoms with Crippen LogP contribution in [0.2, 0.25) is 0 Å². The molecule has 2 aromatic carbocycles. The number of thioether (sulfide) groups is 1. The van der Waals surface area contributed by atoms with Crippen molar-refractivity contribution in [2.75, 3.05) is 26.6 Å². The number of carbonyl (C=O) groups is 2. The van der Waals surface area contributed by atoms with Gasteiger partial charge in [0.15, 0.2) is 23.1 Å². The molecule has 1 unspecified atom stereocenters. The Kier molecular flexibility index (Phi) is 8.18. The molecule has 0 radical (unpaired) electrons. The summed E-state index contributed by atoms with van der Waals surface area (Å²) in [5.41, 5.74) is 7.48. The van der Waals surface area contributed by atoms with Crippen LogP contribution < -0.4 is 5.73 Å². The normalized spacial score (nSPS) is 24.2. The summed E-state index contributed by atoms with van der Waals surface area (Å²) in [4.78, 5) is 28.8. The van der Waals surface area contributed by atoms with Crippen molar-refractivity contribution in [2.45, 2.75) is 48.8 Å². The van der Waals surface area contributed by atoms with Crippen LogP contribution in [-0.2, 0) is 29.6 Å². The summed E-state index contributed by atoms with van der Waals surface area (Å²) >= 11 is 1.40. The number of ether oxygens (including phenoxy) is 3. The number of amides is 1. The second-order valence-corrected chi connectivity index (χ2v) is 11.9. The smallest absolute Gasteiger partial charge is 0.326 e. The Morgan fingerprint density at radius 1 is 1.21 bits per heavy atom. The zero-order chi connectivity index (χ0) is 30.4. The van der Waals surface area contributed by atoms with Crippen LogP contribution in [-0.4, -0.2) is 76.8 Å². The van der Waals surface area contributed by atoms with Gasteiger partial charge in [-0.05, 0) is 35.3 Å². The number of benzene rings is 2. The predicted octanol–water partition coefficient (Wildman–Crippen LogP) is 2.98. The maximum absolute atomic E-state index is 15.3. The highest BCUT2D eigenvalue weighted by atomic mass is 32.2. The number of esters is 1. The van der Waals surface area contributed by atoms with E-state index in [9.17, 15) is 19.1 Å². The van der Waals surface area contributed by atoms with E-state index in [1.807, 2.05) is 29.3 Å². The molecule has 0 spiro atoms. The number of morpholine rings is 1. The predicted molar refractivity (Wildman–Crippen MR) is 151 cm³/mol. The van der Waals surface area contributed by atoms with Gasteiger partial charge >= 0.3 is 5.97 Å². The molecular formula is C30H32F2N4O6S. The first-order valence-electron chi connectivity index (χ1n) is 14.0. The second kappa shape index (κ2) is 11.9. The van der Waals surface area contributed by atoms with E-state index in [0.717, 1.165) is 16.5 Å². The van der Waals surface area contributed by atoms with Crippen molar-refractivity contribution in [1.82, 2.24) is 14.9 Å². The number of nitrogens with two attached hydrogens (primary N) is 1. The van der Waals surface area contributed by atoms with Crippen molar-refractivity contribution in [1.29, 1.82) is 0 Å². The number of halogens is 2. The molecule has 4 heterocycles. The molecule has 43 heavy (non-hydrogen) atoms. The molecule has 3 N–H and O–H groups in total. The van der Waals surface area contributed by atoms with Gasteiger partial charge in [-0.2, -0.15) is 5.01 Å². The summed E-state index contributed by atoms with van der Waals surface area (Å²) in [6.45, 7) is 3.67. The van der Waals surface area contributed by atoms with E-state index < -0.39 is 54.7 Å². The molecule has 6 rings (SSSR count). The summed E-state index contributed by atoms with van der Waals surface area (Å²) < 4.78 is 46.6. The number of rotatable bonds is 6. The van der Waals surface area contributed by atoms with E-state index in [2.05, 4.69) is 0 Å². The van der Waals surface area contributed by atoms with E-state index in [4.69, 9.17) is 19.9 Å². The fourth-order valence-electron chi connectivity index (χ4n) is 5.72. The van der Waals surface area contributed by atoms with Crippen molar-refractivity contribution in [3.63, 3.8) is 0 Å². The third-order valence-electron chi connectivity index (χ3n) is 8.04. The van der Waals surface area contributed by atoms with Gasteiger partial charge in [0.2, 0.25) is 6.79 Å². The summed E-state index contributed by atoms with van der Waals surface area (Å²) in [6, 6.07) is 8.74. The van der Waals surface area contributed by atoms with Crippen molar-refractivity contribution in [3.05, 3.63) is 88.5 Å². The molecule has 2 fully saturated rings. The van der Waals surface area contributed by atoms with Crippen LogP contribution in [0.25, 0.3) is 0 Å². The molecule has 228 valence electrons. The number of carbonyl (C=O) groups excluding carboxylic acids is 2. The first-order valence-corrected chi connectivity index (χ1v) is 15.0. The van der Waals surface area contributed by atoms with Crippen LogP contribution in [0.3, 0.4) is 0 Å². The first kappa shape index (κ1) is 29.6. The van der Waals surface area contributed by atoms with Gasteiger partial charge in [-0.1, -0.05) is 38.1 Å². The molecule has 4 aliphatic rings. The van der Waals surface area contributed by atoms with Crippen molar-refractivity contribution in [3.8, 4) is 0 Å². The minimum atomic E-state index is -1.32. The third-order valence-corrected chi connectivity index (χ3v) is 9.16. The topological polar surface area (TPSA) is 118 Å². The van der Waals surface area contributed by atoms with E-state index >= 15 is 4.39 Å². The lowest BCUT2D eigenvalue weighted by atomic mass is 9.92. The van der Waals surface area contributed by atoms with Gasteiger partial charge in [0.05, 0.1) is 19.3 Å². The summed E-state index contributed by atoms with van der Waals surface area (Å²) in [5.74, 6) is -3.03. The average molecular weight is 615 g/mol. The Labute approximate surface area is 251 Å². The molecule has 2 aromatic rings. The average Bonchev–Trinajstić information content (AvgIpc) is 3.17. The molecule has 4 atom stereocenters. The fourth-order valence-corrected chi connectivity index (χ4v) is 6.83. The number of aliphatic hydroxyl groups is 1. The maximum atomic E-state index is 15.3. The van der Waals surface area contributed by atoms with Gasteiger partial charge in [0.1, 0.15) is 18.3 Å². The van der Waals surface area contributed by atoms with E-state index in [0.29, 0.717) is 5.56 Å². The van der Waals surface area contributed by atoms with Crippen molar-refractivity contribution in [2.24, 2.45) is 11.7 Å². The largest absolute Gasteiger partial charge is 0.456 e. The van der Waals surface area contributed by atoms with Crippen LogP contribution in [0.4, 0.5) is 8.78 Å². The Morgan fingerprint density at radius 2 is 2.00 bits per heavy atom. The van der Waals surface area contributed by atoms with Gasteiger partial charge in [0.25, 0.3) is 5.91 Å². The highest BCUT2D eigenvalue weighted by Crippen LogP contribution is 2.47. The Hall–Kier alpha value is -3.49. The van der Waals surface area contributed by atoms with E-state index in [-0.39, 0.29) is 48.4 Å². The van der Waals surface area contributed by atoms with Gasteiger partial charge in [-0.3, -0.25) is 14.6 Å². The number of fused-ring (bicyclic) bond motifs is 4. The highest BCUT2D eigenvalue weighted by Gasteiger charge is 2.50. The third kappa shape index (κ3) is 5.18. The maximum Gasteiger partial charge on any atom is 0.326 e. The summed E-state index contributed by atoms with van der Waals surface area (Å²) in [7, 11) is 0. The molecular weight excluding hydrogens is 582 g/mol. The number of aliphatic hydroxyl groups excluding tert-OH is 1. The Balaban J connectivity index is 1.46. The molecule has 1 amide bonds. The monoisotopic (exact) mass is 614 g/mol. The van der Waals surface area contributed by atoms with Crippen molar-refractivity contribution >= 4 is 23.6 Å². The quantitative estimate of drug-likeness (QED) is 0.372. The van der Waals surface area contributed by atoms with Gasteiger partial charge in [-0.15, -0.1) is 11.8 Å². The lowest BCUT2D eigenvalue weighted by molar-refractivity contribution is -0.191. The minimum Gasteiger partial charge on any atom is -0.456 e. The Bertz CT molecular complexity index is 1500. The summed E-state index contributed by atoms with van der Waals surface area (Å²) in [5, 5.41) is 14.4. The zero-order valence-electron chi connectivity index (χ0n) is 23.6. The van der Waals surface area contributed by atoms with Crippen LogP contribution in [0.1, 0.15) is 36.6 Å². The van der Waals surface area contributed by atoms with E-state index in [1.54, 1.807) is 36.0 Å². The first-order chi connectivity index (χ1) is 20.7. The Morgan fingerprint density at radius 3 is 2.79 bits per heavy atom. The number of nitrogens with zero attached hydrogens (tertiary/aromatic N) is 3. The standard InChI is InChI=1S/C30H32F2N4O6S/c1-16(2)25(33)30(39)42-15-41-28-21(37)9-10-35-27(28)29(38)34-11-12-40-13-23(34)36(35)26-17-7-8-20(31)24(32)19(17)14-43-22-6-4-3-5-18(22)26/h3-10,16,21,23,25-26,37H,11-15,33H2,1-2H3/t21?,23-,25+,26+/m1/s1. The van der Waals surface area contributed by atoms with E-state index in [1.165, 1.54) is 17.8 Å². The van der Waals surface area contributed by atoms with Crippen LogP contribution in [0, 0.1) is 17.6 Å². The molecule has 0 saturated carbocycles. The van der Waals surface area contributed by atoms with Crippen molar-refractivity contribution < 1.29 is 37.7 Å². The SMILES string of the molecule is CC(C)[C@H](N)C(=O)OCOC1=C2C(=O)N3CCOC[C@H]3N([C@@H]3c4ccccc4SCc4c3ccc(F)c4F)N2C=CC1O. The molecule has 0 aromatic heterocycles. The second-order valence-electron chi connectivity index (χ2n) is 10.9. The molecule has 13 heteroatoms. The van der Waals surface area contributed by atoms with Gasteiger partial charge in [-0.25, -0.2) is 8.78 Å². The van der Waals surface area contributed by atoms with Crippen LogP contribution in [0.5, 0.6) is 0 Å². The van der Waals surface area contributed by atoms with Crippen LogP contribution >= 0.6 is 11.8 Å². The molecule has 10 nitrogen and oxygen atoms in total. The highest BCUT2D eigenvalue weighted by molar-refractivity contribution is 7.98. The van der Waals surface area contributed by atoms with Crippen LogP contribution in [0.15, 0.2) is 65.0 Å². The number of hydrogen-bond acceptors (Lipinski definition) is 10.